The van der Waals surface area contributed by atoms with Crippen molar-refractivity contribution in [3.05, 3.63) is 24.3 Å². The quantitative estimate of drug-likeness (QED) is 0.760. The number of rotatable bonds is 6. The number of carbonyl (C=O) groups is 2. The van der Waals surface area contributed by atoms with Crippen molar-refractivity contribution in [2.45, 2.75) is 39.5 Å². The average molecular weight is 388 g/mol. The lowest BCUT2D eigenvalue weighted by Crippen LogP contribution is -2.43. The van der Waals surface area contributed by atoms with Gasteiger partial charge in [-0.3, -0.25) is 14.5 Å². The zero-order valence-corrected chi connectivity index (χ0v) is 17.2. The minimum absolute atomic E-state index is 0.0379. The van der Waals surface area contributed by atoms with Crippen molar-refractivity contribution < 1.29 is 14.3 Å². The molecule has 0 bridgehead atoms. The molecule has 1 atom stereocenters. The first-order valence-corrected chi connectivity index (χ1v) is 10.6. The van der Waals surface area contributed by atoms with Crippen molar-refractivity contribution in [2.75, 3.05) is 49.5 Å². The Bertz CT molecular complexity index is 653. The van der Waals surface area contributed by atoms with E-state index in [0.717, 1.165) is 44.1 Å². The third kappa shape index (κ3) is 5.71. The standard InChI is InChI=1S/C22H33N3O3/c1-3-28-22(27)18-5-4-12-24(15-18)16-21(26)23-19-6-8-20(9-7-19)25-13-10-17(2)11-14-25/h6-9,17-18H,3-5,10-16H2,1-2H3,(H,23,26)/t18-/m0/s1. The second kappa shape index (κ2) is 9.92. The topological polar surface area (TPSA) is 61.9 Å². The van der Waals surface area contributed by atoms with E-state index in [0.29, 0.717) is 19.7 Å². The molecular weight excluding hydrogens is 354 g/mol. The summed E-state index contributed by atoms with van der Waals surface area (Å²) in [5.74, 6) is 0.514. The molecule has 0 aromatic heterocycles. The van der Waals surface area contributed by atoms with Gasteiger partial charge in [0, 0.05) is 31.0 Å². The molecule has 0 radical (unpaired) electrons. The van der Waals surface area contributed by atoms with Gasteiger partial charge in [-0.15, -0.1) is 0 Å². The molecule has 2 saturated heterocycles. The molecule has 2 aliphatic rings. The van der Waals surface area contributed by atoms with Crippen LogP contribution < -0.4 is 10.2 Å². The third-order valence-electron chi connectivity index (χ3n) is 5.79. The zero-order valence-electron chi connectivity index (χ0n) is 17.2. The van der Waals surface area contributed by atoms with Gasteiger partial charge in [-0.1, -0.05) is 6.92 Å². The predicted molar refractivity (Wildman–Crippen MR) is 111 cm³/mol. The molecule has 1 amide bonds. The highest BCUT2D eigenvalue weighted by Gasteiger charge is 2.27. The highest BCUT2D eigenvalue weighted by molar-refractivity contribution is 5.92. The molecule has 154 valence electrons. The molecule has 3 rings (SSSR count). The number of amides is 1. The van der Waals surface area contributed by atoms with Crippen LogP contribution in [0.15, 0.2) is 24.3 Å². The van der Waals surface area contributed by atoms with Gasteiger partial charge in [0.2, 0.25) is 5.91 Å². The summed E-state index contributed by atoms with van der Waals surface area (Å²) in [6, 6.07) is 8.12. The Morgan fingerprint density at radius 3 is 2.50 bits per heavy atom. The van der Waals surface area contributed by atoms with Crippen LogP contribution in [0.1, 0.15) is 39.5 Å². The van der Waals surface area contributed by atoms with Crippen molar-refractivity contribution in [2.24, 2.45) is 11.8 Å². The number of benzene rings is 1. The molecule has 0 spiro atoms. The molecule has 2 heterocycles. The normalized spacial score (nSPS) is 21.4. The number of ether oxygens (including phenoxy) is 1. The molecule has 28 heavy (non-hydrogen) atoms. The van der Waals surface area contributed by atoms with E-state index in [1.165, 1.54) is 18.5 Å². The summed E-state index contributed by atoms with van der Waals surface area (Å²) in [4.78, 5) is 28.8. The predicted octanol–water partition coefficient (Wildman–Crippen LogP) is 3.14. The van der Waals surface area contributed by atoms with E-state index in [4.69, 9.17) is 4.74 Å². The summed E-state index contributed by atoms with van der Waals surface area (Å²) >= 11 is 0. The van der Waals surface area contributed by atoms with Crippen LogP contribution >= 0.6 is 0 Å². The molecule has 2 aliphatic heterocycles. The van der Waals surface area contributed by atoms with Crippen LogP contribution in [0.25, 0.3) is 0 Å². The van der Waals surface area contributed by atoms with Gasteiger partial charge >= 0.3 is 5.97 Å². The number of likely N-dealkylation sites (tertiary alicyclic amines) is 1. The molecule has 1 aromatic rings. The van der Waals surface area contributed by atoms with Crippen LogP contribution in [0.5, 0.6) is 0 Å². The average Bonchev–Trinajstić information content (AvgIpc) is 2.69. The van der Waals surface area contributed by atoms with E-state index < -0.39 is 0 Å². The summed E-state index contributed by atoms with van der Waals surface area (Å²) in [5.41, 5.74) is 2.04. The fourth-order valence-corrected chi connectivity index (χ4v) is 4.08. The molecule has 0 saturated carbocycles. The summed E-state index contributed by atoms with van der Waals surface area (Å²) in [5, 5.41) is 2.98. The number of hydrogen-bond donors (Lipinski definition) is 1. The second-order valence-corrected chi connectivity index (χ2v) is 8.09. The maximum atomic E-state index is 12.4. The minimum atomic E-state index is -0.143. The summed E-state index contributed by atoms with van der Waals surface area (Å²) in [7, 11) is 0. The molecular formula is C22H33N3O3. The highest BCUT2D eigenvalue weighted by atomic mass is 16.5. The molecule has 1 N–H and O–H groups in total. The van der Waals surface area contributed by atoms with E-state index >= 15 is 0 Å². The Morgan fingerprint density at radius 1 is 1.11 bits per heavy atom. The van der Waals surface area contributed by atoms with Gasteiger partial charge in [0.25, 0.3) is 0 Å². The first-order valence-electron chi connectivity index (χ1n) is 10.6. The molecule has 1 aromatic carbocycles. The van der Waals surface area contributed by atoms with E-state index in [1.807, 2.05) is 24.0 Å². The number of esters is 1. The zero-order chi connectivity index (χ0) is 19.9. The fraction of sp³-hybridized carbons (Fsp3) is 0.636. The number of piperidine rings is 2. The number of nitrogens with zero attached hydrogens (tertiary/aromatic N) is 2. The Morgan fingerprint density at radius 2 is 1.82 bits per heavy atom. The number of anilines is 2. The van der Waals surface area contributed by atoms with Crippen molar-refractivity contribution in [3.8, 4) is 0 Å². The summed E-state index contributed by atoms with van der Waals surface area (Å²) in [6.45, 7) is 8.49. The first kappa shape index (κ1) is 20.6. The lowest BCUT2D eigenvalue weighted by Gasteiger charge is -2.32. The summed E-state index contributed by atoms with van der Waals surface area (Å²) in [6.07, 6.45) is 4.23. The van der Waals surface area contributed by atoms with Crippen LogP contribution in [0.2, 0.25) is 0 Å². The Hall–Kier alpha value is -2.08. The van der Waals surface area contributed by atoms with Gasteiger partial charge in [0.05, 0.1) is 19.1 Å². The van der Waals surface area contributed by atoms with Crippen LogP contribution in [0, 0.1) is 11.8 Å². The minimum Gasteiger partial charge on any atom is -0.466 e. The van der Waals surface area contributed by atoms with Crippen LogP contribution in [-0.4, -0.2) is 56.1 Å². The Kier molecular flexibility index (Phi) is 7.31. The van der Waals surface area contributed by atoms with E-state index in [9.17, 15) is 9.59 Å². The van der Waals surface area contributed by atoms with Crippen molar-refractivity contribution >= 4 is 23.3 Å². The van der Waals surface area contributed by atoms with Gasteiger partial charge in [0.1, 0.15) is 0 Å². The van der Waals surface area contributed by atoms with E-state index in [2.05, 4.69) is 29.3 Å². The maximum Gasteiger partial charge on any atom is 0.310 e. The maximum absolute atomic E-state index is 12.4. The van der Waals surface area contributed by atoms with E-state index in [-0.39, 0.29) is 17.8 Å². The van der Waals surface area contributed by atoms with Crippen LogP contribution in [0.4, 0.5) is 11.4 Å². The first-order chi connectivity index (χ1) is 13.5. The number of hydrogen-bond acceptors (Lipinski definition) is 5. The Balaban J connectivity index is 1.47. The van der Waals surface area contributed by atoms with Crippen molar-refractivity contribution in [3.63, 3.8) is 0 Å². The monoisotopic (exact) mass is 387 g/mol. The van der Waals surface area contributed by atoms with Crippen LogP contribution in [-0.2, 0) is 14.3 Å². The SMILES string of the molecule is CCOC(=O)[C@H]1CCCN(CC(=O)Nc2ccc(N3CCC(C)CC3)cc2)C1. The number of nitrogens with one attached hydrogen (secondary N) is 1. The van der Waals surface area contributed by atoms with Gasteiger partial charge in [-0.25, -0.2) is 0 Å². The highest BCUT2D eigenvalue weighted by Crippen LogP contribution is 2.24. The van der Waals surface area contributed by atoms with Gasteiger partial charge < -0.3 is 15.0 Å². The Labute approximate surface area is 168 Å². The second-order valence-electron chi connectivity index (χ2n) is 8.09. The molecule has 0 unspecified atom stereocenters. The third-order valence-corrected chi connectivity index (χ3v) is 5.79. The van der Waals surface area contributed by atoms with Crippen molar-refractivity contribution in [1.29, 1.82) is 0 Å². The summed E-state index contributed by atoms with van der Waals surface area (Å²) < 4.78 is 5.13. The fourth-order valence-electron chi connectivity index (χ4n) is 4.08. The smallest absolute Gasteiger partial charge is 0.310 e. The van der Waals surface area contributed by atoms with Gasteiger partial charge in [0.15, 0.2) is 0 Å². The van der Waals surface area contributed by atoms with Gasteiger partial charge in [-0.2, -0.15) is 0 Å². The molecule has 6 nitrogen and oxygen atoms in total. The lowest BCUT2D eigenvalue weighted by molar-refractivity contribution is -0.150. The van der Waals surface area contributed by atoms with Crippen molar-refractivity contribution in [1.82, 2.24) is 4.90 Å². The largest absolute Gasteiger partial charge is 0.466 e. The molecule has 2 fully saturated rings. The van der Waals surface area contributed by atoms with Gasteiger partial charge in [-0.05, 0) is 69.3 Å². The lowest BCUT2D eigenvalue weighted by atomic mass is 9.98. The molecule has 6 heteroatoms. The van der Waals surface area contributed by atoms with E-state index in [1.54, 1.807) is 0 Å². The number of carbonyl (C=O) groups excluding carboxylic acids is 2. The van der Waals surface area contributed by atoms with Crippen LogP contribution in [0.3, 0.4) is 0 Å². The molecule has 0 aliphatic carbocycles.